The lowest BCUT2D eigenvalue weighted by Crippen LogP contribution is -2.24. The van der Waals surface area contributed by atoms with E-state index in [1.807, 2.05) is 48.5 Å². The number of carbonyl (C=O) groups is 2. The molecule has 0 spiro atoms. The molecule has 5 nitrogen and oxygen atoms in total. The fourth-order valence-corrected chi connectivity index (χ4v) is 4.50. The van der Waals surface area contributed by atoms with Crippen molar-refractivity contribution >= 4 is 33.6 Å². The van der Waals surface area contributed by atoms with Crippen molar-refractivity contribution in [1.82, 2.24) is 14.9 Å². The molecule has 0 unspecified atom stereocenters. The smallest absolute Gasteiger partial charge is 0.261 e. The maximum Gasteiger partial charge on any atom is 0.261 e. The number of fused-ring (bicyclic) bond motifs is 4. The van der Waals surface area contributed by atoms with Gasteiger partial charge in [0.2, 0.25) is 0 Å². The minimum absolute atomic E-state index is 0.260. The Hall–Kier alpha value is -4.38. The first-order chi connectivity index (χ1) is 15.6. The number of hydrogen-bond donors (Lipinski definition) is 0. The number of benzene rings is 3. The molecule has 5 aromatic rings. The van der Waals surface area contributed by atoms with Gasteiger partial charge in [0.05, 0.1) is 22.2 Å². The molecule has 32 heavy (non-hydrogen) atoms. The van der Waals surface area contributed by atoms with E-state index in [-0.39, 0.29) is 11.8 Å². The number of imide groups is 1. The van der Waals surface area contributed by atoms with Gasteiger partial charge in [-0.15, -0.1) is 0 Å². The molecule has 6 rings (SSSR count). The van der Waals surface area contributed by atoms with E-state index < -0.39 is 0 Å². The van der Waals surface area contributed by atoms with Crippen LogP contribution in [0, 0.1) is 0 Å². The average Bonchev–Trinajstić information content (AvgIpc) is 3.07. The van der Waals surface area contributed by atoms with Crippen LogP contribution in [0.3, 0.4) is 0 Å². The zero-order valence-electron chi connectivity index (χ0n) is 17.2. The minimum Gasteiger partial charge on any atom is -0.277 e. The van der Waals surface area contributed by atoms with Gasteiger partial charge in [0.25, 0.3) is 11.8 Å². The van der Waals surface area contributed by atoms with Crippen LogP contribution < -0.4 is 0 Å². The lowest BCUT2D eigenvalue weighted by Gasteiger charge is -2.14. The van der Waals surface area contributed by atoms with Crippen LogP contribution in [-0.4, -0.2) is 33.7 Å². The van der Waals surface area contributed by atoms with Crippen molar-refractivity contribution in [1.29, 1.82) is 0 Å². The van der Waals surface area contributed by atoms with E-state index in [4.69, 9.17) is 0 Å². The Morgan fingerprint density at radius 1 is 0.625 bits per heavy atom. The number of nitrogens with zero attached hydrogens (tertiary/aromatic N) is 3. The van der Waals surface area contributed by atoms with Crippen molar-refractivity contribution in [3.8, 4) is 22.3 Å². The molecule has 0 bridgehead atoms. The summed E-state index contributed by atoms with van der Waals surface area (Å²) < 4.78 is 0. The molecule has 3 aromatic carbocycles. The van der Waals surface area contributed by atoms with Crippen molar-refractivity contribution in [3.05, 3.63) is 96.3 Å². The SMILES string of the molecule is CN1C(=O)c2ccc(-c3ccccc3-c3cc4cccnc4c4ncccc34)cc2C1=O. The molecule has 1 aliphatic heterocycles. The summed E-state index contributed by atoms with van der Waals surface area (Å²) in [5.41, 5.74) is 6.56. The van der Waals surface area contributed by atoms with E-state index >= 15 is 0 Å². The highest BCUT2D eigenvalue weighted by Gasteiger charge is 2.32. The van der Waals surface area contributed by atoms with Gasteiger partial charge in [-0.3, -0.25) is 24.5 Å². The number of amides is 2. The number of carbonyl (C=O) groups excluding carboxylic acids is 2. The summed E-state index contributed by atoms with van der Waals surface area (Å²) in [4.78, 5) is 35.2. The van der Waals surface area contributed by atoms with Gasteiger partial charge >= 0.3 is 0 Å². The van der Waals surface area contributed by atoms with E-state index in [0.717, 1.165) is 49.0 Å². The highest BCUT2D eigenvalue weighted by atomic mass is 16.2. The summed E-state index contributed by atoms with van der Waals surface area (Å²) >= 11 is 0. The van der Waals surface area contributed by atoms with Gasteiger partial charge in [0, 0.05) is 30.2 Å². The first-order valence-corrected chi connectivity index (χ1v) is 10.3. The van der Waals surface area contributed by atoms with Crippen LogP contribution in [-0.2, 0) is 0 Å². The molecule has 152 valence electrons. The molecule has 0 saturated carbocycles. The van der Waals surface area contributed by atoms with E-state index in [2.05, 4.69) is 28.2 Å². The predicted octanol–water partition coefficient (Wildman–Crippen LogP) is 5.34. The molecule has 0 aliphatic carbocycles. The summed E-state index contributed by atoms with van der Waals surface area (Å²) in [6, 6.07) is 23.7. The summed E-state index contributed by atoms with van der Waals surface area (Å²) in [6.45, 7) is 0. The topological polar surface area (TPSA) is 63.2 Å². The van der Waals surface area contributed by atoms with Crippen LogP contribution in [0.25, 0.3) is 44.1 Å². The van der Waals surface area contributed by atoms with E-state index in [1.54, 1.807) is 18.5 Å². The van der Waals surface area contributed by atoms with Crippen LogP contribution in [0.4, 0.5) is 0 Å². The fraction of sp³-hybridized carbons (Fsp3) is 0.0370. The zero-order valence-corrected chi connectivity index (χ0v) is 17.2. The molecule has 1 aliphatic rings. The molecular weight excluding hydrogens is 398 g/mol. The Morgan fingerprint density at radius 2 is 1.34 bits per heavy atom. The molecule has 3 heterocycles. The summed E-state index contributed by atoms with van der Waals surface area (Å²) in [5, 5.41) is 2.03. The Bertz CT molecular complexity index is 1590. The third-order valence-corrected chi connectivity index (χ3v) is 6.08. The number of aromatic nitrogens is 2. The second-order valence-electron chi connectivity index (χ2n) is 7.87. The molecule has 0 radical (unpaired) electrons. The quantitative estimate of drug-likeness (QED) is 0.288. The third-order valence-electron chi connectivity index (χ3n) is 6.08. The van der Waals surface area contributed by atoms with Crippen molar-refractivity contribution in [2.45, 2.75) is 0 Å². The number of hydrogen-bond acceptors (Lipinski definition) is 4. The molecule has 5 heteroatoms. The van der Waals surface area contributed by atoms with Crippen LogP contribution in [0.15, 0.2) is 85.2 Å². The second kappa shape index (κ2) is 6.82. The van der Waals surface area contributed by atoms with Crippen molar-refractivity contribution in [3.63, 3.8) is 0 Å². The summed E-state index contributed by atoms with van der Waals surface area (Å²) in [7, 11) is 1.51. The second-order valence-corrected chi connectivity index (χ2v) is 7.87. The van der Waals surface area contributed by atoms with E-state index in [9.17, 15) is 9.59 Å². The molecule has 0 fully saturated rings. The van der Waals surface area contributed by atoms with Gasteiger partial charge in [-0.05, 0) is 52.6 Å². The lowest BCUT2D eigenvalue weighted by molar-refractivity contribution is 0.0693. The van der Waals surface area contributed by atoms with Crippen LogP contribution in [0.5, 0.6) is 0 Å². The number of rotatable bonds is 2. The minimum atomic E-state index is -0.268. The lowest BCUT2D eigenvalue weighted by atomic mass is 9.90. The Morgan fingerprint density at radius 3 is 2.19 bits per heavy atom. The van der Waals surface area contributed by atoms with Crippen molar-refractivity contribution < 1.29 is 9.59 Å². The fourth-order valence-electron chi connectivity index (χ4n) is 4.50. The molecule has 0 saturated heterocycles. The number of pyridine rings is 2. The van der Waals surface area contributed by atoms with Gasteiger partial charge in [-0.2, -0.15) is 0 Å². The maximum absolute atomic E-state index is 12.6. The van der Waals surface area contributed by atoms with Gasteiger partial charge in [-0.1, -0.05) is 42.5 Å². The van der Waals surface area contributed by atoms with Crippen LogP contribution in [0.2, 0.25) is 0 Å². The predicted molar refractivity (Wildman–Crippen MR) is 124 cm³/mol. The zero-order chi connectivity index (χ0) is 21.8. The normalized spacial score (nSPS) is 13.2. The Balaban J connectivity index is 1.62. The van der Waals surface area contributed by atoms with Crippen molar-refractivity contribution in [2.24, 2.45) is 0 Å². The van der Waals surface area contributed by atoms with Crippen LogP contribution >= 0.6 is 0 Å². The Labute approximate surface area is 184 Å². The molecule has 0 N–H and O–H groups in total. The van der Waals surface area contributed by atoms with Gasteiger partial charge < -0.3 is 0 Å². The first kappa shape index (κ1) is 18.4. The van der Waals surface area contributed by atoms with Gasteiger partial charge in [0.15, 0.2) is 0 Å². The summed E-state index contributed by atoms with van der Waals surface area (Å²) in [5.74, 6) is -0.528. The van der Waals surface area contributed by atoms with E-state index in [0.29, 0.717) is 11.1 Å². The molecular formula is C27H17N3O2. The highest BCUT2D eigenvalue weighted by Crippen LogP contribution is 2.39. The third kappa shape index (κ3) is 2.58. The molecule has 2 aromatic heterocycles. The standard InChI is InChI=1S/C27H17N3O2/c1-30-26(31)21-11-10-16(14-23(21)27(30)32)18-7-2-3-8-19(18)22-15-17-6-4-12-28-24(17)25-20(22)9-5-13-29-25/h2-15H,1H3. The van der Waals surface area contributed by atoms with Gasteiger partial charge in [-0.25, -0.2) is 0 Å². The van der Waals surface area contributed by atoms with Gasteiger partial charge in [0.1, 0.15) is 0 Å². The first-order valence-electron chi connectivity index (χ1n) is 10.3. The average molecular weight is 415 g/mol. The van der Waals surface area contributed by atoms with Crippen LogP contribution in [0.1, 0.15) is 20.7 Å². The monoisotopic (exact) mass is 415 g/mol. The molecule has 0 atom stereocenters. The Kier molecular flexibility index (Phi) is 3.92. The highest BCUT2D eigenvalue weighted by molar-refractivity contribution is 6.21. The molecule has 2 amide bonds. The largest absolute Gasteiger partial charge is 0.277 e. The summed E-state index contributed by atoms with van der Waals surface area (Å²) in [6.07, 6.45) is 3.57. The maximum atomic E-state index is 12.6. The van der Waals surface area contributed by atoms with Crippen molar-refractivity contribution in [2.75, 3.05) is 7.05 Å². The van der Waals surface area contributed by atoms with E-state index in [1.165, 1.54) is 7.05 Å².